The molecule has 0 unspecified atom stereocenters. The first kappa shape index (κ1) is 15.6. The van der Waals surface area contributed by atoms with E-state index in [4.69, 9.17) is 15.2 Å². The molecular formula is C12H24N2O3S. The van der Waals surface area contributed by atoms with Gasteiger partial charge in [0.2, 0.25) is 0 Å². The number of likely N-dealkylation sites (N-methyl/N-ethyl adjacent to an activating group) is 1. The molecule has 0 radical (unpaired) electrons. The van der Waals surface area contributed by atoms with E-state index in [9.17, 15) is 4.79 Å². The predicted molar refractivity (Wildman–Crippen MR) is 74.0 cm³/mol. The largest absolute Gasteiger partial charge is 0.449 e. The average Bonchev–Trinajstić information content (AvgIpc) is 2.36. The van der Waals surface area contributed by atoms with Gasteiger partial charge in [0.25, 0.3) is 0 Å². The zero-order chi connectivity index (χ0) is 13.4. The van der Waals surface area contributed by atoms with Gasteiger partial charge < -0.3 is 20.1 Å². The Balaban J connectivity index is 2.21. The molecule has 0 aliphatic carbocycles. The fourth-order valence-electron chi connectivity index (χ4n) is 2.17. The molecule has 1 fully saturated rings. The molecule has 0 aromatic rings. The molecule has 0 bridgehead atoms. The number of carbonyl (C=O) groups is 1. The van der Waals surface area contributed by atoms with E-state index in [1.165, 1.54) is 11.3 Å². The molecule has 1 amide bonds. The highest BCUT2D eigenvalue weighted by Gasteiger charge is 2.20. The number of hydrogen-bond acceptors (Lipinski definition) is 5. The smallest absolute Gasteiger partial charge is 0.409 e. The molecule has 0 saturated carbocycles. The van der Waals surface area contributed by atoms with Crippen molar-refractivity contribution < 1.29 is 14.3 Å². The third-order valence-electron chi connectivity index (χ3n) is 3.03. The molecule has 1 saturated heterocycles. The predicted octanol–water partition coefficient (Wildman–Crippen LogP) is 1.13. The van der Waals surface area contributed by atoms with Crippen molar-refractivity contribution in [3.05, 3.63) is 0 Å². The van der Waals surface area contributed by atoms with Crippen molar-refractivity contribution in [2.24, 2.45) is 11.7 Å². The lowest BCUT2D eigenvalue weighted by atomic mass is 9.94. The lowest BCUT2D eigenvalue weighted by Crippen LogP contribution is -2.41. The Morgan fingerprint density at radius 1 is 1.67 bits per heavy atom. The maximum atomic E-state index is 11.5. The number of ether oxygens (including phenoxy) is 2. The number of nitrogens with two attached hydrogens (primary N) is 1. The Hall–Kier alpha value is -0.460. The van der Waals surface area contributed by atoms with Gasteiger partial charge in [0, 0.05) is 38.6 Å². The van der Waals surface area contributed by atoms with E-state index < -0.39 is 0 Å². The van der Waals surface area contributed by atoms with Gasteiger partial charge in [-0.05, 0) is 25.2 Å². The van der Waals surface area contributed by atoms with Crippen LogP contribution in [0.5, 0.6) is 0 Å². The lowest BCUT2D eigenvalue weighted by molar-refractivity contribution is 0.0474. The van der Waals surface area contributed by atoms with Crippen LogP contribution in [0, 0.1) is 5.92 Å². The standard InChI is InChI=1S/C12H24N2O3S/c1-14(12(15)17-5-6-18)8-11(13)7-10-3-2-4-16-9-10/h10-11,18H,2-9,13H2,1H3/t10-,11+/m1/s1. The summed E-state index contributed by atoms with van der Waals surface area (Å²) in [6.07, 6.45) is 2.84. The molecule has 2 N–H and O–H groups in total. The summed E-state index contributed by atoms with van der Waals surface area (Å²) in [7, 11) is 1.71. The van der Waals surface area contributed by atoms with Crippen molar-refractivity contribution in [2.75, 3.05) is 39.2 Å². The first-order valence-corrected chi connectivity index (χ1v) is 7.08. The van der Waals surface area contributed by atoms with E-state index in [-0.39, 0.29) is 12.1 Å². The van der Waals surface area contributed by atoms with E-state index in [1.807, 2.05) is 0 Å². The Labute approximate surface area is 114 Å². The van der Waals surface area contributed by atoms with Crippen LogP contribution in [0.4, 0.5) is 4.79 Å². The SMILES string of the molecule is CN(C[C@@H](N)C[C@H]1CCCOC1)C(=O)OCCS. The van der Waals surface area contributed by atoms with Crippen molar-refractivity contribution in [3.8, 4) is 0 Å². The topological polar surface area (TPSA) is 64.8 Å². The minimum atomic E-state index is -0.334. The van der Waals surface area contributed by atoms with Crippen LogP contribution in [0.2, 0.25) is 0 Å². The lowest BCUT2D eigenvalue weighted by Gasteiger charge is -2.27. The Kier molecular flexibility index (Phi) is 7.46. The van der Waals surface area contributed by atoms with Gasteiger partial charge in [-0.25, -0.2) is 4.79 Å². The van der Waals surface area contributed by atoms with Crippen molar-refractivity contribution in [3.63, 3.8) is 0 Å². The molecule has 0 spiro atoms. The molecule has 5 nitrogen and oxygen atoms in total. The first-order chi connectivity index (χ1) is 8.63. The molecule has 106 valence electrons. The van der Waals surface area contributed by atoms with E-state index in [2.05, 4.69) is 12.6 Å². The van der Waals surface area contributed by atoms with E-state index in [0.717, 1.165) is 26.1 Å². The molecule has 0 aromatic carbocycles. The zero-order valence-corrected chi connectivity index (χ0v) is 11.9. The summed E-state index contributed by atoms with van der Waals surface area (Å²) in [4.78, 5) is 13.0. The maximum Gasteiger partial charge on any atom is 0.409 e. The Bertz CT molecular complexity index is 247. The second-order valence-corrected chi connectivity index (χ2v) is 5.24. The van der Waals surface area contributed by atoms with Gasteiger partial charge in [0.15, 0.2) is 0 Å². The molecule has 1 aliphatic rings. The summed E-state index contributed by atoms with van der Waals surface area (Å²) in [6.45, 7) is 2.50. The highest BCUT2D eigenvalue weighted by molar-refractivity contribution is 7.80. The second kappa shape index (κ2) is 8.61. The quantitative estimate of drug-likeness (QED) is 0.714. The van der Waals surface area contributed by atoms with Crippen molar-refractivity contribution >= 4 is 18.7 Å². The van der Waals surface area contributed by atoms with Crippen LogP contribution in [0.1, 0.15) is 19.3 Å². The van der Waals surface area contributed by atoms with Crippen LogP contribution in [0.25, 0.3) is 0 Å². The molecule has 6 heteroatoms. The third-order valence-corrected chi connectivity index (χ3v) is 3.21. The number of hydrogen-bond donors (Lipinski definition) is 2. The molecule has 1 rings (SSSR count). The van der Waals surface area contributed by atoms with Gasteiger partial charge in [-0.15, -0.1) is 0 Å². The normalized spacial score (nSPS) is 21.4. The summed E-state index contributed by atoms with van der Waals surface area (Å²) in [5, 5.41) is 0. The average molecular weight is 276 g/mol. The molecule has 1 heterocycles. The highest BCUT2D eigenvalue weighted by Crippen LogP contribution is 2.18. The van der Waals surface area contributed by atoms with Crippen LogP contribution in [0.3, 0.4) is 0 Å². The number of thiol groups is 1. The van der Waals surface area contributed by atoms with Crippen molar-refractivity contribution in [2.45, 2.75) is 25.3 Å². The molecule has 18 heavy (non-hydrogen) atoms. The highest BCUT2D eigenvalue weighted by atomic mass is 32.1. The number of carbonyl (C=O) groups excluding carboxylic acids is 1. The van der Waals surface area contributed by atoms with Gasteiger partial charge in [0.1, 0.15) is 6.61 Å². The fourth-order valence-corrected chi connectivity index (χ4v) is 2.26. The number of amides is 1. The van der Waals surface area contributed by atoms with Gasteiger partial charge in [-0.1, -0.05) is 0 Å². The summed E-state index contributed by atoms with van der Waals surface area (Å²) in [6, 6.07) is -0.0229. The van der Waals surface area contributed by atoms with Gasteiger partial charge in [-0.3, -0.25) is 0 Å². The van der Waals surface area contributed by atoms with Gasteiger partial charge in [0.05, 0.1) is 0 Å². The van der Waals surface area contributed by atoms with Crippen molar-refractivity contribution in [1.82, 2.24) is 4.90 Å². The number of nitrogens with zero attached hydrogens (tertiary/aromatic N) is 1. The fraction of sp³-hybridized carbons (Fsp3) is 0.917. The summed E-state index contributed by atoms with van der Waals surface area (Å²) in [5.41, 5.74) is 6.05. The second-order valence-electron chi connectivity index (χ2n) is 4.80. The monoisotopic (exact) mass is 276 g/mol. The molecular weight excluding hydrogens is 252 g/mol. The maximum absolute atomic E-state index is 11.5. The summed E-state index contributed by atoms with van der Waals surface area (Å²) >= 11 is 3.99. The van der Waals surface area contributed by atoms with Crippen molar-refractivity contribution in [1.29, 1.82) is 0 Å². The van der Waals surface area contributed by atoms with E-state index in [0.29, 0.717) is 24.8 Å². The zero-order valence-electron chi connectivity index (χ0n) is 11.0. The van der Waals surface area contributed by atoms with Crippen LogP contribution in [-0.4, -0.2) is 56.2 Å². The third kappa shape index (κ3) is 5.93. The summed E-state index contributed by atoms with van der Waals surface area (Å²) in [5.74, 6) is 1.06. The Morgan fingerprint density at radius 3 is 3.06 bits per heavy atom. The van der Waals surface area contributed by atoms with E-state index in [1.54, 1.807) is 7.05 Å². The first-order valence-electron chi connectivity index (χ1n) is 6.45. The molecule has 2 atom stereocenters. The minimum Gasteiger partial charge on any atom is -0.449 e. The summed E-state index contributed by atoms with van der Waals surface area (Å²) < 4.78 is 10.4. The Morgan fingerprint density at radius 2 is 2.44 bits per heavy atom. The number of rotatable bonds is 6. The minimum absolute atomic E-state index is 0.0229. The van der Waals surface area contributed by atoms with Crippen LogP contribution >= 0.6 is 12.6 Å². The van der Waals surface area contributed by atoms with E-state index >= 15 is 0 Å². The van der Waals surface area contributed by atoms with Gasteiger partial charge >= 0.3 is 6.09 Å². The molecule has 1 aliphatic heterocycles. The van der Waals surface area contributed by atoms with Gasteiger partial charge in [-0.2, -0.15) is 12.6 Å². The van der Waals surface area contributed by atoms with Crippen LogP contribution in [0.15, 0.2) is 0 Å². The van der Waals surface area contributed by atoms with Crippen LogP contribution in [-0.2, 0) is 9.47 Å². The molecule has 0 aromatic heterocycles. The van der Waals surface area contributed by atoms with Crippen LogP contribution < -0.4 is 5.73 Å².